The summed E-state index contributed by atoms with van der Waals surface area (Å²) in [6, 6.07) is 17.1. The molecule has 2 atom stereocenters. The first-order valence-corrected chi connectivity index (χ1v) is 11.2. The Kier molecular flexibility index (Phi) is 5.93. The highest BCUT2D eigenvalue weighted by atomic mass is 32.1. The lowest BCUT2D eigenvalue weighted by molar-refractivity contribution is -0.0440. The van der Waals surface area contributed by atoms with Crippen LogP contribution in [0.25, 0.3) is 0 Å². The Balaban J connectivity index is 1.46. The number of likely N-dealkylation sites (tertiary alicyclic amines) is 1. The van der Waals surface area contributed by atoms with Crippen LogP contribution in [0.15, 0.2) is 48.5 Å². The second kappa shape index (κ2) is 8.45. The first-order valence-electron chi connectivity index (χ1n) is 10.8. The number of aliphatic hydroxyl groups excluding tert-OH is 1. The zero-order valence-corrected chi connectivity index (χ0v) is 18.3. The fourth-order valence-corrected chi connectivity index (χ4v) is 5.31. The van der Waals surface area contributed by atoms with Gasteiger partial charge in [-0.2, -0.15) is 0 Å². The van der Waals surface area contributed by atoms with Crippen LogP contribution in [0.3, 0.4) is 0 Å². The van der Waals surface area contributed by atoms with E-state index in [0.717, 1.165) is 55.0 Å². The van der Waals surface area contributed by atoms with E-state index < -0.39 is 0 Å². The number of thiocarbonyl (C=S) groups is 1. The minimum atomic E-state index is -0.347. The highest BCUT2D eigenvalue weighted by Crippen LogP contribution is 2.53. The SMILES string of the molecule is CCCC1(C(O)c2ccc([C@H]3CC(=S)N3Cc3cccc(OC)c3)cc2)CCC1. The molecule has 1 heterocycles. The third kappa shape index (κ3) is 3.93. The van der Waals surface area contributed by atoms with Gasteiger partial charge in [-0.1, -0.05) is 68.4 Å². The molecule has 3 nitrogen and oxygen atoms in total. The lowest BCUT2D eigenvalue weighted by Gasteiger charge is -2.46. The molecule has 154 valence electrons. The first-order chi connectivity index (χ1) is 14.1. The van der Waals surface area contributed by atoms with E-state index in [0.29, 0.717) is 6.04 Å². The van der Waals surface area contributed by atoms with Gasteiger partial charge in [0.2, 0.25) is 0 Å². The molecule has 1 saturated carbocycles. The van der Waals surface area contributed by atoms with Crippen molar-refractivity contribution in [2.75, 3.05) is 7.11 Å². The lowest BCUT2D eigenvalue weighted by Crippen LogP contribution is -2.44. The average Bonchev–Trinajstić information content (AvgIpc) is 2.72. The molecule has 2 aromatic rings. The van der Waals surface area contributed by atoms with Crippen molar-refractivity contribution in [1.29, 1.82) is 0 Å². The Morgan fingerprint density at radius 3 is 2.55 bits per heavy atom. The number of hydrogen-bond donors (Lipinski definition) is 1. The Labute approximate surface area is 179 Å². The molecule has 0 spiro atoms. The van der Waals surface area contributed by atoms with Crippen LogP contribution >= 0.6 is 12.2 Å². The molecule has 4 rings (SSSR count). The van der Waals surface area contributed by atoms with Crippen LogP contribution in [0.5, 0.6) is 5.75 Å². The van der Waals surface area contributed by atoms with Gasteiger partial charge in [0.15, 0.2) is 0 Å². The Morgan fingerprint density at radius 1 is 1.21 bits per heavy atom. The van der Waals surface area contributed by atoms with Crippen molar-refractivity contribution in [2.24, 2.45) is 5.41 Å². The summed E-state index contributed by atoms with van der Waals surface area (Å²) >= 11 is 5.57. The molecular formula is C25H31NO2S. The van der Waals surface area contributed by atoms with E-state index in [1.165, 1.54) is 17.5 Å². The smallest absolute Gasteiger partial charge is 0.119 e. The summed E-state index contributed by atoms with van der Waals surface area (Å²) in [5.74, 6) is 0.876. The van der Waals surface area contributed by atoms with E-state index in [9.17, 15) is 5.11 Å². The van der Waals surface area contributed by atoms with Crippen LogP contribution in [0.1, 0.15) is 74.3 Å². The molecule has 1 aliphatic carbocycles. The predicted octanol–water partition coefficient (Wildman–Crippen LogP) is 5.97. The van der Waals surface area contributed by atoms with Gasteiger partial charge in [-0.25, -0.2) is 0 Å². The van der Waals surface area contributed by atoms with Crippen molar-refractivity contribution in [3.05, 3.63) is 65.2 Å². The maximum Gasteiger partial charge on any atom is 0.119 e. The number of methoxy groups -OCH3 is 1. The summed E-state index contributed by atoms with van der Waals surface area (Å²) in [5, 5.41) is 11.0. The summed E-state index contributed by atoms with van der Waals surface area (Å²) in [6.45, 7) is 3.01. The fourth-order valence-electron chi connectivity index (χ4n) is 4.96. The normalized spacial score (nSPS) is 21.3. The van der Waals surface area contributed by atoms with Crippen molar-refractivity contribution in [3.8, 4) is 5.75 Å². The number of rotatable bonds is 8. The summed E-state index contributed by atoms with van der Waals surface area (Å²) in [5.41, 5.74) is 3.64. The maximum absolute atomic E-state index is 11.0. The van der Waals surface area contributed by atoms with Gasteiger partial charge in [0.1, 0.15) is 5.75 Å². The van der Waals surface area contributed by atoms with E-state index in [2.05, 4.69) is 48.2 Å². The zero-order valence-electron chi connectivity index (χ0n) is 17.4. The topological polar surface area (TPSA) is 32.7 Å². The van der Waals surface area contributed by atoms with Crippen molar-refractivity contribution >= 4 is 17.2 Å². The standard InChI is InChI=1S/C25H31NO2S/c1-3-12-25(13-5-14-25)24(27)20-10-8-19(9-11-20)22-16-23(29)26(22)17-18-6-4-7-21(15-18)28-2/h4,6-11,15,22,24,27H,3,5,12-14,16-17H2,1-2H3/t22-,24?/m1/s1. The van der Waals surface area contributed by atoms with Crippen LogP contribution in [0.2, 0.25) is 0 Å². The lowest BCUT2D eigenvalue weighted by atomic mass is 9.61. The van der Waals surface area contributed by atoms with Gasteiger partial charge in [0, 0.05) is 18.4 Å². The third-order valence-corrected chi connectivity index (χ3v) is 7.27. The predicted molar refractivity (Wildman–Crippen MR) is 121 cm³/mol. The van der Waals surface area contributed by atoms with Crippen LogP contribution in [-0.4, -0.2) is 22.1 Å². The molecule has 1 N–H and O–H groups in total. The second-order valence-electron chi connectivity index (χ2n) is 8.63. The minimum Gasteiger partial charge on any atom is -0.497 e. The van der Waals surface area contributed by atoms with Crippen molar-refractivity contribution in [1.82, 2.24) is 4.90 Å². The van der Waals surface area contributed by atoms with Gasteiger partial charge in [-0.05, 0) is 48.1 Å². The van der Waals surface area contributed by atoms with E-state index in [4.69, 9.17) is 17.0 Å². The van der Waals surface area contributed by atoms with Crippen LogP contribution in [0.4, 0.5) is 0 Å². The van der Waals surface area contributed by atoms with Gasteiger partial charge < -0.3 is 14.7 Å². The second-order valence-corrected chi connectivity index (χ2v) is 9.10. The molecular weight excluding hydrogens is 378 g/mol. The largest absolute Gasteiger partial charge is 0.497 e. The molecule has 0 aromatic heterocycles. The van der Waals surface area contributed by atoms with E-state index in [1.54, 1.807) is 7.11 Å². The van der Waals surface area contributed by atoms with E-state index in [-0.39, 0.29) is 11.5 Å². The number of hydrogen-bond acceptors (Lipinski definition) is 3. The van der Waals surface area contributed by atoms with Crippen molar-refractivity contribution < 1.29 is 9.84 Å². The highest BCUT2D eigenvalue weighted by Gasteiger charge is 2.43. The Bertz CT molecular complexity index is 859. The van der Waals surface area contributed by atoms with E-state index in [1.807, 2.05) is 12.1 Å². The number of aliphatic hydroxyl groups is 1. The number of nitrogens with zero attached hydrogens (tertiary/aromatic N) is 1. The number of ether oxygens (including phenoxy) is 1. The average molecular weight is 410 g/mol. The first kappa shape index (κ1) is 20.4. The summed E-state index contributed by atoms with van der Waals surface area (Å²) in [6.07, 6.45) is 6.36. The molecule has 2 aromatic carbocycles. The molecule has 0 bridgehead atoms. The fraction of sp³-hybridized carbons (Fsp3) is 0.480. The molecule has 0 amide bonds. The van der Waals surface area contributed by atoms with Gasteiger partial charge in [-0.3, -0.25) is 0 Å². The number of benzene rings is 2. The molecule has 0 radical (unpaired) electrons. The van der Waals surface area contributed by atoms with Gasteiger partial charge in [0.05, 0.1) is 24.2 Å². The molecule has 4 heteroatoms. The summed E-state index contributed by atoms with van der Waals surface area (Å²) < 4.78 is 5.35. The Morgan fingerprint density at radius 2 is 1.97 bits per heavy atom. The molecule has 1 unspecified atom stereocenters. The third-order valence-electron chi connectivity index (χ3n) is 6.87. The van der Waals surface area contributed by atoms with Crippen molar-refractivity contribution in [3.63, 3.8) is 0 Å². The molecule has 29 heavy (non-hydrogen) atoms. The maximum atomic E-state index is 11.0. The zero-order chi connectivity index (χ0) is 20.4. The quantitative estimate of drug-likeness (QED) is 0.544. The highest BCUT2D eigenvalue weighted by molar-refractivity contribution is 7.80. The summed E-state index contributed by atoms with van der Waals surface area (Å²) in [7, 11) is 1.69. The van der Waals surface area contributed by atoms with Crippen LogP contribution < -0.4 is 4.74 Å². The molecule has 1 saturated heterocycles. The molecule has 2 aliphatic rings. The van der Waals surface area contributed by atoms with E-state index >= 15 is 0 Å². The Hall–Kier alpha value is -1.91. The van der Waals surface area contributed by atoms with Gasteiger partial charge in [-0.15, -0.1) is 0 Å². The molecule has 1 aliphatic heterocycles. The summed E-state index contributed by atoms with van der Waals surface area (Å²) in [4.78, 5) is 3.30. The molecule has 2 fully saturated rings. The van der Waals surface area contributed by atoms with Crippen LogP contribution in [0, 0.1) is 5.41 Å². The van der Waals surface area contributed by atoms with Crippen LogP contribution in [-0.2, 0) is 6.54 Å². The monoisotopic (exact) mass is 409 g/mol. The van der Waals surface area contributed by atoms with Crippen molar-refractivity contribution in [2.45, 2.75) is 64.1 Å². The van der Waals surface area contributed by atoms with Gasteiger partial charge in [0.25, 0.3) is 0 Å². The minimum absolute atomic E-state index is 0.104. The van der Waals surface area contributed by atoms with Gasteiger partial charge >= 0.3 is 0 Å².